The van der Waals surface area contributed by atoms with Gasteiger partial charge in [0.2, 0.25) is 0 Å². The van der Waals surface area contributed by atoms with Crippen molar-refractivity contribution in [2.75, 3.05) is 7.04 Å². The number of rotatable bonds is 1. The molecule has 0 N–H and O–H groups in total. The molecular formula is C8H7ClFNO2. The fraction of sp³-hybridized carbons (Fsp3) is 0.250. The summed E-state index contributed by atoms with van der Waals surface area (Å²) in [6.45, 7) is -3.07. The molecule has 13 heavy (non-hydrogen) atoms. The third-order valence-corrected chi connectivity index (χ3v) is 1.46. The molecule has 0 aliphatic heterocycles. The molecule has 70 valence electrons. The van der Waals surface area contributed by atoms with Crippen molar-refractivity contribution in [3.05, 3.63) is 28.3 Å². The Bertz CT molecular complexity index is 557. The first-order valence-corrected chi connectivity index (χ1v) is 3.32. The lowest BCUT2D eigenvalue weighted by Crippen LogP contribution is -2.08. The largest absolute Gasteiger partial charge is 0.465 e. The van der Waals surface area contributed by atoms with E-state index in [1.165, 1.54) is 0 Å². The number of aromatic nitrogens is 1. The molecule has 3 nitrogen and oxygen atoms in total. The molecule has 1 heterocycles. The second-order valence-electron chi connectivity index (χ2n) is 1.97. The van der Waals surface area contributed by atoms with Crippen molar-refractivity contribution >= 4 is 17.6 Å². The van der Waals surface area contributed by atoms with Crippen LogP contribution in [0.2, 0.25) is 5.15 Å². The van der Waals surface area contributed by atoms with E-state index in [9.17, 15) is 9.18 Å². The second kappa shape index (κ2) is 3.70. The SMILES string of the molecule is [2H]c1nc(Cl)c(F)c(C(=O)OC([2H])([2H])[2H])c1C([2H])([2H])[2H]. The molecule has 0 saturated carbocycles. The monoisotopic (exact) mass is 210 g/mol. The number of ether oxygens (including phenoxy) is 1. The molecule has 0 spiro atoms. The molecule has 0 amide bonds. The number of halogens is 2. The molecule has 0 saturated heterocycles. The van der Waals surface area contributed by atoms with Gasteiger partial charge in [0.1, 0.15) is 5.56 Å². The Kier molecular flexibility index (Phi) is 1.12. The lowest BCUT2D eigenvalue weighted by Gasteiger charge is -2.04. The Hall–Kier alpha value is -1.16. The van der Waals surface area contributed by atoms with Crippen LogP contribution in [-0.2, 0) is 4.74 Å². The molecule has 1 aromatic heterocycles. The molecule has 1 rings (SSSR count). The van der Waals surface area contributed by atoms with Gasteiger partial charge in [-0.3, -0.25) is 0 Å². The fourth-order valence-corrected chi connectivity index (χ4v) is 0.802. The number of hydrogen-bond acceptors (Lipinski definition) is 3. The van der Waals surface area contributed by atoms with Gasteiger partial charge in [-0.05, 0) is 12.4 Å². The minimum Gasteiger partial charge on any atom is -0.465 e. The first-order chi connectivity index (χ1) is 8.84. The van der Waals surface area contributed by atoms with Gasteiger partial charge in [-0.2, -0.15) is 0 Å². The number of hydrogen-bond donors (Lipinski definition) is 0. The topological polar surface area (TPSA) is 39.2 Å². The van der Waals surface area contributed by atoms with Crippen LogP contribution < -0.4 is 0 Å². The van der Waals surface area contributed by atoms with E-state index in [0.717, 1.165) is 0 Å². The minimum atomic E-state index is -3.20. The molecule has 1 aromatic rings. The second-order valence-corrected chi connectivity index (χ2v) is 2.33. The Morgan fingerprint density at radius 3 is 3.31 bits per heavy atom. The van der Waals surface area contributed by atoms with Crippen LogP contribution in [0.1, 0.15) is 25.5 Å². The highest BCUT2D eigenvalue weighted by atomic mass is 35.5. The highest BCUT2D eigenvalue weighted by molar-refractivity contribution is 6.29. The average molecular weight is 211 g/mol. The van der Waals surface area contributed by atoms with E-state index in [-0.39, 0.29) is 0 Å². The number of esters is 1. The molecule has 0 fully saturated rings. The van der Waals surface area contributed by atoms with Crippen LogP contribution in [0.25, 0.3) is 0 Å². The fourth-order valence-electron chi connectivity index (χ4n) is 0.666. The van der Waals surface area contributed by atoms with E-state index in [1.807, 2.05) is 0 Å². The number of carbonyl (C=O) groups is 1. The maximum atomic E-state index is 13.8. The van der Waals surface area contributed by atoms with Crippen molar-refractivity contribution in [3.8, 4) is 0 Å². The van der Waals surface area contributed by atoms with Crippen molar-refractivity contribution in [2.24, 2.45) is 0 Å². The highest BCUT2D eigenvalue weighted by Crippen LogP contribution is 2.19. The molecule has 0 unspecified atom stereocenters. The zero-order valence-electron chi connectivity index (χ0n) is 13.0. The predicted molar refractivity (Wildman–Crippen MR) is 45.3 cm³/mol. The summed E-state index contributed by atoms with van der Waals surface area (Å²) >= 11 is 5.32. The van der Waals surface area contributed by atoms with Crippen molar-refractivity contribution in [3.63, 3.8) is 0 Å². The number of methoxy groups -OCH3 is 1. The Labute approximate surface area is 89.3 Å². The summed E-state index contributed by atoms with van der Waals surface area (Å²) in [6.07, 6.45) is -0.964. The zero-order valence-corrected chi connectivity index (χ0v) is 6.78. The van der Waals surface area contributed by atoms with E-state index >= 15 is 0 Å². The Balaban J connectivity index is 3.55. The summed E-state index contributed by atoms with van der Waals surface area (Å²) in [5.41, 5.74) is -2.29. The van der Waals surface area contributed by atoms with Crippen molar-refractivity contribution in [2.45, 2.75) is 6.85 Å². The van der Waals surface area contributed by atoms with E-state index in [2.05, 4.69) is 9.72 Å². The molecule has 0 aliphatic rings. The first kappa shape index (κ1) is 3.92. The number of pyridine rings is 1. The lowest BCUT2D eigenvalue weighted by molar-refractivity contribution is 0.0594. The summed E-state index contributed by atoms with van der Waals surface area (Å²) in [5, 5.41) is -0.930. The maximum absolute atomic E-state index is 13.8. The van der Waals surface area contributed by atoms with E-state index in [4.69, 9.17) is 21.2 Å². The Morgan fingerprint density at radius 1 is 1.92 bits per heavy atom. The van der Waals surface area contributed by atoms with Gasteiger partial charge in [-0.1, -0.05) is 11.6 Å². The van der Waals surface area contributed by atoms with Crippen LogP contribution in [0.3, 0.4) is 0 Å². The van der Waals surface area contributed by atoms with Gasteiger partial charge in [0.25, 0.3) is 0 Å². The minimum absolute atomic E-state index is 0.930. The summed E-state index contributed by atoms with van der Waals surface area (Å²) in [6, 6.07) is 0. The molecular weight excluding hydrogens is 197 g/mol. The van der Waals surface area contributed by atoms with Crippen LogP contribution in [0.5, 0.6) is 0 Å². The van der Waals surface area contributed by atoms with Crippen LogP contribution in [0, 0.1) is 12.7 Å². The van der Waals surface area contributed by atoms with Gasteiger partial charge in [-0.15, -0.1) is 0 Å². The normalized spacial score (nSPS) is 19.7. The van der Waals surface area contributed by atoms with Crippen molar-refractivity contribution in [1.29, 1.82) is 0 Å². The van der Waals surface area contributed by atoms with E-state index in [0.29, 0.717) is 0 Å². The maximum Gasteiger partial charge on any atom is 0.341 e. The van der Waals surface area contributed by atoms with Gasteiger partial charge in [0.05, 0.1) is 12.5 Å². The van der Waals surface area contributed by atoms with Gasteiger partial charge in [0, 0.05) is 10.3 Å². The van der Waals surface area contributed by atoms with Gasteiger partial charge in [0.15, 0.2) is 11.0 Å². The van der Waals surface area contributed by atoms with Crippen LogP contribution in [0.4, 0.5) is 4.39 Å². The third kappa shape index (κ3) is 1.78. The average Bonchev–Trinajstić information content (AvgIpc) is 2.18. The lowest BCUT2D eigenvalue weighted by atomic mass is 10.1. The molecule has 0 aromatic carbocycles. The standard InChI is InChI=1S/C8H7ClFNO2/c1-4-3-11-7(9)6(10)5(4)8(12)13-2/h3H,1-2H3/i1D3,2D3,3D. The summed E-state index contributed by atoms with van der Waals surface area (Å²) < 4.78 is 66.8. The molecule has 5 heteroatoms. The first-order valence-electron chi connectivity index (χ1n) is 6.44. The molecule has 0 atom stereocenters. The summed E-state index contributed by atoms with van der Waals surface area (Å²) in [7, 11) is -3.20. The molecule has 0 radical (unpaired) electrons. The third-order valence-electron chi connectivity index (χ3n) is 1.21. The van der Waals surface area contributed by atoms with Gasteiger partial charge < -0.3 is 4.74 Å². The van der Waals surface area contributed by atoms with Crippen molar-refractivity contribution in [1.82, 2.24) is 4.98 Å². The van der Waals surface area contributed by atoms with E-state index < -0.39 is 48.1 Å². The number of nitrogens with zero attached hydrogens (tertiary/aromatic N) is 1. The van der Waals surface area contributed by atoms with Gasteiger partial charge >= 0.3 is 5.97 Å². The summed E-state index contributed by atoms with van der Waals surface area (Å²) in [5.74, 6) is -3.31. The zero-order chi connectivity index (χ0) is 15.9. The predicted octanol–water partition coefficient (Wildman–Crippen LogP) is 1.97. The van der Waals surface area contributed by atoms with Crippen molar-refractivity contribution < 1.29 is 23.5 Å². The van der Waals surface area contributed by atoms with E-state index in [1.54, 1.807) is 0 Å². The smallest absolute Gasteiger partial charge is 0.341 e. The Morgan fingerprint density at radius 2 is 2.69 bits per heavy atom. The molecule has 0 bridgehead atoms. The van der Waals surface area contributed by atoms with Crippen LogP contribution in [0.15, 0.2) is 6.17 Å². The molecule has 0 aliphatic carbocycles. The number of carbonyl (C=O) groups excluding carboxylic acids is 1. The van der Waals surface area contributed by atoms with Gasteiger partial charge in [-0.25, -0.2) is 14.2 Å². The van der Waals surface area contributed by atoms with Crippen LogP contribution >= 0.6 is 11.6 Å². The highest BCUT2D eigenvalue weighted by Gasteiger charge is 2.18. The quantitative estimate of drug-likeness (QED) is 0.526. The summed E-state index contributed by atoms with van der Waals surface area (Å²) in [4.78, 5) is 14.7. The van der Waals surface area contributed by atoms with Crippen LogP contribution in [-0.4, -0.2) is 18.0 Å².